The van der Waals surface area contributed by atoms with Gasteiger partial charge in [0.2, 0.25) is 6.10 Å². The van der Waals surface area contributed by atoms with E-state index in [1.807, 2.05) is 40.0 Å². The maximum absolute atomic E-state index is 12.8. The minimum atomic E-state index is -0.577. The fraction of sp³-hybridized carbons (Fsp3) is 0.500. The molecule has 1 aromatic heterocycles. The molecule has 0 spiro atoms. The van der Waals surface area contributed by atoms with Gasteiger partial charge in [0.1, 0.15) is 6.61 Å². The van der Waals surface area contributed by atoms with Gasteiger partial charge in [-0.15, -0.1) is 5.10 Å². The molecule has 130 valence electrons. The van der Waals surface area contributed by atoms with Gasteiger partial charge in [0, 0.05) is 25.2 Å². The van der Waals surface area contributed by atoms with Crippen LogP contribution in [0.15, 0.2) is 30.5 Å². The number of para-hydroxylation sites is 2. The van der Waals surface area contributed by atoms with Gasteiger partial charge in [-0.3, -0.25) is 4.79 Å². The second kappa shape index (κ2) is 5.75. The number of carbonyl (C=O) groups excluding carboxylic acids is 1. The summed E-state index contributed by atoms with van der Waals surface area (Å²) in [5.74, 6) is 1.91. The Morgan fingerprint density at radius 3 is 2.84 bits per heavy atom. The number of rotatable bonds is 3. The minimum absolute atomic E-state index is 0.0143. The van der Waals surface area contributed by atoms with Gasteiger partial charge in [-0.1, -0.05) is 17.3 Å². The van der Waals surface area contributed by atoms with Crippen LogP contribution < -0.4 is 9.47 Å². The largest absolute Gasteiger partial charge is 0.485 e. The molecule has 7 nitrogen and oxygen atoms in total. The first kappa shape index (κ1) is 14.7. The van der Waals surface area contributed by atoms with Gasteiger partial charge in [0.05, 0.1) is 11.7 Å². The Kier molecular flexibility index (Phi) is 3.39. The van der Waals surface area contributed by atoms with E-state index in [1.165, 1.54) is 12.8 Å². The van der Waals surface area contributed by atoms with Crippen LogP contribution in [0.25, 0.3) is 0 Å². The van der Waals surface area contributed by atoms with E-state index in [0.717, 1.165) is 12.1 Å². The number of nitrogens with zero attached hydrogens (tertiary/aromatic N) is 4. The molecule has 1 saturated heterocycles. The van der Waals surface area contributed by atoms with Crippen LogP contribution in [0.1, 0.15) is 36.9 Å². The predicted octanol–water partition coefficient (Wildman–Crippen LogP) is 1.77. The molecule has 0 radical (unpaired) electrons. The number of aromatic nitrogens is 3. The maximum atomic E-state index is 12.8. The van der Waals surface area contributed by atoms with Crippen LogP contribution in [-0.4, -0.2) is 51.6 Å². The molecule has 2 aromatic rings. The average molecular weight is 340 g/mol. The van der Waals surface area contributed by atoms with Crippen LogP contribution in [0.4, 0.5) is 0 Å². The van der Waals surface area contributed by atoms with Gasteiger partial charge < -0.3 is 14.4 Å². The molecular formula is C18H20N4O3. The van der Waals surface area contributed by atoms with Crippen molar-refractivity contribution in [3.63, 3.8) is 0 Å². The van der Waals surface area contributed by atoms with Crippen LogP contribution in [0.3, 0.4) is 0 Å². The van der Waals surface area contributed by atoms with Gasteiger partial charge in [-0.25, -0.2) is 4.68 Å². The third-order valence-electron chi connectivity index (χ3n) is 5.16. The van der Waals surface area contributed by atoms with Gasteiger partial charge in [-0.2, -0.15) is 0 Å². The summed E-state index contributed by atoms with van der Waals surface area (Å²) in [6.45, 7) is 1.61. The lowest BCUT2D eigenvalue weighted by molar-refractivity contribution is -0.140. The highest BCUT2D eigenvalue weighted by Crippen LogP contribution is 2.39. The Morgan fingerprint density at radius 2 is 2.00 bits per heavy atom. The Bertz CT molecular complexity index is 801. The van der Waals surface area contributed by atoms with Crippen molar-refractivity contribution in [2.75, 3.05) is 19.7 Å². The van der Waals surface area contributed by atoms with Gasteiger partial charge in [-0.05, 0) is 31.4 Å². The number of fused-ring (bicyclic) bond motifs is 1. The van der Waals surface area contributed by atoms with Crippen molar-refractivity contribution in [1.82, 2.24) is 19.9 Å². The lowest BCUT2D eigenvalue weighted by Gasteiger charge is -2.28. The highest BCUT2D eigenvalue weighted by molar-refractivity contribution is 5.82. The Hall–Kier alpha value is -2.57. The summed E-state index contributed by atoms with van der Waals surface area (Å²) in [6.07, 6.45) is 4.80. The van der Waals surface area contributed by atoms with Crippen molar-refractivity contribution in [1.29, 1.82) is 0 Å². The first-order chi connectivity index (χ1) is 12.3. The van der Waals surface area contributed by atoms with Crippen molar-refractivity contribution >= 4 is 5.91 Å². The second-order valence-electron chi connectivity index (χ2n) is 6.99. The fourth-order valence-corrected chi connectivity index (χ4v) is 3.54. The first-order valence-electron chi connectivity index (χ1n) is 8.87. The average Bonchev–Trinajstić information content (AvgIpc) is 3.19. The summed E-state index contributed by atoms with van der Waals surface area (Å²) in [7, 11) is 0. The zero-order valence-corrected chi connectivity index (χ0v) is 13.9. The molecule has 1 aromatic carbocycles. The fourth-order valence-electron chi connectivity index (χ4n) is 3.54. The van der Waals surface area contributed by atoms with Gasteiger partial charge in [0.15, 0.2) is 11.5 Å². The normalized spacial score (nSPS) is 25.2. The van der Waals surface area contributed by atoms with E-state index in [0.29, 0.717) is 30.5 Å². The molecule has 1 aliphatic carbocycles. The summed E-state index contributed by atoms with van der Waals surface area (Å²) in [4.78, 5) is 14.6. The molecule has 1 amide bonds. The molecule has 1 saturated carbocycles. The highest BCUT2D eigenvalue weighted by Gasteiger charge is 2.36. The second-order valence-corrected chi connectivity index (χ2v) is 6.99. The van der Waals surface area contributed by atoms with E-state index >= 15 is 0 Å². The number of hydrogen-bond acceptors (Lipinski definition) is 5. The maximum Gasteiger partial charge on any atom is 0.267 e. The van der Waals surface area contributed by atoms with Gasteiger partial charge >= 0.3 is 0 Å². The smallest absolute Gasteiger partial charge is 0.267 e. The molecule has 5 rings (SSSR count). The van der Waals surface area contributed by atoms with Crippen LogP contribution in [-0.2, 0) is 4.79 Å². The molecule has 2 fully saturated rings. The zero-order valence-electron chi connectivity index (χ0n) is 13.9. The molecule has 0 N–H and O–H groups in total. The van der Waals surface area contributed by atoms with Crippen LogP contribution in [0, 0.1) is 0 Å². The minimum Gasteiger partial charge on any atom is -0.485 e. The third-order valence-corrected chi connectivity index (χ3v) is 5.16. The van der Waals surface area contributed by atoms with E-state index < -0.39 is 6.10 Å². The summed E-state index contributed by atoms with van der Waals surface area (Å²) < 4.78 is 13.4. The number of carbonyl (C=O) groups is 1. The lowest BCUT2D eigenvalue weighted by atomic mass is 10.2. The summed E-state index contributed by atoms with van der Waals surface area (Å²) in [5, 5.41) is 8.54. The molecule has 2 aliphatic heterocycles. The number of amides is 1. The lowest BCUT2D eigenvalue weighted by Crippen LogP contribution is -2.45. The molecular weight excluding hydrogens is 320 g/mol. The van der Waals surface area contributed by atoms with Crippen molar-refractivity contribution in [2.45, 2.75) is 37.3 Å². The molecule has 3 heterocycles. The summed E-state index contributed by atoms with van der Waals surface area (Å²) >= 11 is 0. The van der Waals surface area contributed by atoms with E-state index in [2.05, 4.69) is 10.3 Å². The quantitative estimate of drug-likeness (QED) is 0.852. The van der Waals surface area contributed by atoms with Crippen LogP contribution in [0.5, 0.6) is 11.5 Å². The van der Waals surface area contributed by atoms with Crippen LogP contribution in [0.2, 0.25) is 0 Å². The number of ether oxygens (including phenoxy) is 2. The summed E-state index contributed by atoms with van der Waals surface area (Å²) in [6, 6.07) is 7.65. The first-order valence-corrected chi connectivity index (χ1v) is 8.87. The van der Waals surface area contributed by atoms with Crippen molar-refractivity contribution in [3.05, 3.63) is 36.2 Å². The standard InChI is InChI=1S/C18H20N4O3/c23-18(17-11-24-15-3-1-2-4-16(15)25-17)21-8-7-13(9-21)22-10-14(19-20-22)12-5-6-12/h1-4,10,12-13,17H,5-9,11H2/t13-,17+/m1/s1. The van der Waals surface area contributed by atoms with Gasteiger partial charge in [0.25, 0.3) is 5.91 Å². The molecule has 3 aliphatic rings. The molecule has 0 unspecified atom stereocenters. The predicted molar refractivity (Wildman–Crippen MR) is 88.6 cm³/mol. The Labute approximate surface area is 145 Å². The van der Waals surface area contributed by atoms with E-state index in [9.17, 15) is 4.79 Å². The number of hydrogen-bond donors (Lipinski definition) is 0. The third kappa shape index (κ3) is 2.73. The van der Waals surface area contributed by atoms with Crippen molar-refractivity contribution in [2.24, 2.45) is 0 Å². The molecule has 7 heteroatoms. The topological polar surface area (TPSA) is 69.5 Å². The highest BCUT2D eigenvalue weighted by atomic mass is 16.6. The van der Waals surface area contributed by atoms with E-state index in [4.69, 9.17) is 9.47 Å². The van der Waals surface area contributed by atoms with Crippen molar-refractivity contribution < 1.29 is 14.3 Å². The zero-order chi connectivity index (χ0) is 16.8. The van der Waals surface area contributed by atoms with E-state index in [-0.39, 0.29) is 18.6 Å². The number of benzene rings is 1. The SMILES string of the molecule is O=C([C@@H]1COc2ccccc2O1)N1CC[C@@H](n2cc(C3CC3)nn2)C1. The summed E-state index contributed by atoms with van der Waals surface area (Å²) in [5.41, 5.74) is 1.09. The Morgan fingerprint density at radius 1 is 1.16 bits per heavy atom. The molecule has 2 atom stereocenters. The Balaban J connectivity index is 1.24. The number of likely N-dealkylation sites (tertiary alicyclic amines) is 1. The van der Waals surface area contributed by atoms with Crippen LogP contribution >= 0.6 is 0 Å². The van der Waals surface area contributed by atoms with E-state index in [1.54, 1.807) is 0 Å². The monoisotopic (exact) mass is 340 g/mol. The molecule has 0 bridgehead atoms. The van der Waals surface area contributed by atoms with Crippen molar-refractivity contribution in [3.8, 4) is 11.5 Å². The molecule has 25 heavy (non-hydrogen) atoms.